The molecule has 2 fully saturated rings. The predicted octanol–water partition coefficient (Wildman–Crippen LogP) is 1.43. The minimum Gasteiger partial charge on any atom is -0.497 e. The lowest BCUT2D eigenvalue weighted by atomic mass is 9.80. The third-order valence-electron chi connectivity index (χ3n) is 6.41. The summed E-state index contributed by atoms with van der Waals surface area (Å²) < 4.78 is 36.5. The van der Waals surface area contributed by atoms with Gasteiger partial charge in [-0.1, -0.05) is 17.3 Å². The minimum absolute atomic E-state index is 0.0192. The van der Waals surface area contributed by atoms with Gasteiger partial charge in [0, 0.05) is 25.6 Å². The van der Waals surface area contributed by atoms with Crippen molar-refractivity contribution in [3.05, 3.63) is 41.5 Å². The summed E-state index contributed by atoms with van der Waals surface area (Å²) in [7, 11) is -1.70. The molecule has 1 aromatic carbocycles. The van der Waals surface area contributed by atoms with Crippen LogP contribution in [-0.2, 0) is 26.7 Å². The van der Waals surface area contributed by atoms with Gasteiger partial charge in [0.2, 0.25) is 21.8 Å². The summed E-state index contributed by atoms with van der Waals surface area (Å²) >= 11 is 0. The summed E-state index contributed by atoms with van der Waals surface area (Å²) in [5.41, 5.74) is 0.481. The SMILES string of the molecule is COc1cccc(CCC(=O)NC2CC3CN(S(C)(=O)=O)CC3(c3nc(C)no3)C2)c1. The zero-order chi connectivity index (χ0) is 22.2. The summed E-state index contributed by atoms with van der Waals surface area (Å²) in [5, 5.41) is 7.05. The number of rotatable bonds is 7. The van der Waals surface area contributed by atoms with Crippen LogP contribution in [0.15, 0.2) is 28.8 Å². The molecule has 31 heavy (non-hydrogen) atoms. The summed E-state index contributed by atoms with van der Waals surface area (Å²) in [6.45, 7) is 2.44. The number of hydrogen-bond acceptors (Lipinski definition) is 7. The van der Waals surface area contributed by atoms with E-state index in [1.807, 2.05) is 24.3 Å². The molecule has 1 aromatic heterocycles. The Hall–Kier alpha value is -2.46. The molecule has 1 aliphatic heterocycles. The second-order valence-corrected chi connectivity index (χ2v) is 10.6. The van der Waals surface area contributed by atoms with E-state index in [-0.39, 0.29) is 17.9 Å². The number of carbonyl (C=O) groups is 1. The molecular formula is C21H28N4O5S. The van der Waals surface area contributed by atoms with Crippen molar-refractivity contribution in [1.29, 1.82) is 0 Å². The maximum absolute atomic E-state index is 12.6. The zero-order valence-corrected chi connectivity index (χ0v) is 18.8. The number of nitrogens with zero attached hydrogens (tertiary/aromatic N) is 3. The molecule has 2 heterocycles. The van der Waals surface area contributed by atoms with E-state index in [2.05, 4.69) is 15.5 Å². The topological polar surface area (TPSA) is 115 Å². The molecule has 1 N–H and O–H groups in total. The molecule has 1 saturated heterocycles. The Kier molecular flexibility index (Phi) is 5.78. The first-order valence-electron chi connectivity index (χ1n) is 10.4. The highest BCUT2D eigenvalue weighted by Gasteiger charge is 2.58. The first-order valence-corrected chi connectivity index (χ1v) is 12.2. The molecule has 0 radical (unpaired) electrons. The van der Waals surface area contributed by atoms with Crippen molar-refractivity contribution < 1.29 is 22.5 Å². The van der Waals surface area contributed by atoms with Crippen LogP contribution in [0.4, 0.5) is 0 Å². The zero-order valence-electron chi connectivity index (χ0n) is 18.0. The number of hydrogen-bond donors (Lipinski definition) is 1. The quantitative estimate of drug-likeness (QED) is 0.681. The van der Waals surface area contributed by atoms with Crippen molar-refractivity contribution in [3.8, 4) is 5.75 Å². The van der Waals surface area contributed by atoms with Crippen LogP contribution in [0.1, 0.15) is 36.5 Å². The molecule has 0 spiro atoms. The Morgan fingerprint density at radius 3 is 2.90 bits per heavy atom. The van der Waals surface area contributed by atoms with Crippen LogP contribution in [0.2, 0.25) is 0 Å². The van der Waals surface area contributed by atoms with Crippen molar-refractivity contribution in [1.82, 2.24) is 19.8 Å². The summed E-state index contributed by atoms with van der Waals surface area (Å²) in [4.78, 5) is 17.0. The number of fused-ring (bicyclic) bond motifs is 1. The fourth-order valence-corrected chi connectivity index (χ4v) is 5.82. The highest BCUT2D eigenvalue weighted by atomic mass is 32.2. The van der Waals surface area contributed by atoms with E-state index in [1.54, 1.807) is 14.0 Å². The van der Waals surface area contributed by atoms with Gasteiger partial charge in [0.15, 0.2) is 5.82 Å². The van der Waals surface area contributed by atoms with Gasteiger partial charge in [-0.25, -0.2) is 12.7 Å². The summed E-state index contributed by atoms with van der Waals surface area (Å²) in [5.74, 6) is 1.75. The van der Waals surface area contributed by atoms with Gasteiger partial charge in [0.25, 0.3) is 0 Å². The molecule has 9 nitrogen and oxygen atoms in total. The number of amides is 1. The van der Waals surface area contributed by atoms with Gasteiger partial charge < -0.3 is 14.6 Å². The van der Waals surface area contributed by atoms with Gasteiger partial charge in [0.1, 0.15) is 5.75 Å². The first kappa shape index (κ1) is 21.8. The third kappa shape index (κ3) is 4.45. The lowest BCUT2D eigenvalue weighted by molar-refractivity contribution is -0.121. The molecule has 4 rings (SSSR count). The third-order valence-corrected chi connectivity index (χ3v) is 7.62. The molecule has 3 atom stereocenters. The molecule has 3 unspecified atom stereocenters. The number of aromatic nitrogens is 2. The number of sulfonamides is 1. The summed E-state index contributed by atoms with van der Waals surface area (Å²) in [6, 6.07) is 7.63. The van der Waals surface area contributed by atoms with Crippen molar-refractivity contribution in [2.75, 3.05) is 26.5 Å². The number of ether oxygens (including phenoxy) is 1. The van der Waals surface area contributed by atoms with Crippen molar-refractivity contribution in [3.63, 3.8) is 0 Å². The van der Waals surface area contributed by atoms with Crippen LogP contribution < -0.4 is 10.1 Å². The molecule has 1 aliphatic carbocycles. The smallest absolute Gasteiger partial charge is 0.234 e. The highest BCUT2D eigenvalue weighted by molar-refractivity contribution is 7.88. The average Bonchev–Trinajstić information content (AvgIpc) is 3.39. The van der Waals surface area contributed by atoms with E-state index >= 15 is 0 Å². The van der Waals surface area contributed by atoms with Gasteiger partial charge >= 0.3 is 0 Å². The Morgan fingerprint density at radius 2 is 2.23 bits per heavy atom. The van der Waals surface area contributed by atoms with Crippen LogP contribution in [0.3, 0.4) is 0 Å². The van der Waals surface area contributed by atoms with E-state index in [0.29, 0.717) is 50.5 Å². The van der Waals surface area contributed by atoms with Crippen LogP contribution in [0.5, 0.6) is 5.75 Å². The largest absolute Gasteiger partial charge is 0.497 e. The Bertz CT molecular complexity index is 1070. The number of methoxy groups -OCH3 is 1. The molecule has 168 valence electrons. The van der Waals surface area contributed by atoms with Gasteiger partial charge in [-0.05, 0) is 49.8 Å². The molecule has 0 bridgehead atoms. The Morgan fingerprint density at radius 1 is 1.42 bits per heavy atom. The lowest BCUT2D eigenvalue weighted by Crippen LogP contribution is -2.39. The second-order valence-electron chi connectivity index (χ2n) is 8.61. The van der Waals surface area contributed by atoms with Gasteiger partial charge in [-0.2, -0.15) is 4.98 Å². The Balaban J connectivity index is 1.43. The monoisotopic (exact) mass is 448 g/mol. The van der Waals surface area contributed by atoms with E-state index < -0.39 is 15.4 Å². The first-order chi connectivity index (χ1) is 14.7. The lowest BCUT2D eigenvalue weighted by Gasteiger charge is -2.24. The van der Waals surface area contributed by atoms with Crippen LogP contribution in [0.25, 0.3) is 0 Å². The fraction of sp³-hybridized carbons (Fsp3) is 0.571. The average molecular weight is 449 g/mol. The van der Waals surface area contributed by atoms with Crippen molar-refractivity contribution in [2.45, 2.75) is 44.1 Å². The maximum atomic E-state index is 12.6. The minimum atomic E-state index is -3.32. The van der Waals surface area contributed by atoms with Crippen molar-refractivity contribution in [2.24, 2.45) is 5.92 Å². The number of benzene rings is 1. The standard InChI is InChI=1S/C21H28N4O5S/c1-14-22-20(30-24-14)21-11-17(10-16(21)12-25(13-21)31(3,27)28)23-19(26)8-7-15-5-4-6-18(9-15)29-2/h4-6,9,16-17H,7-8,10-13H2,1-3H3,(H,23,26). The van der Waals surface area contributed by atoms with Crippen molar-refractivity contribution >= 4 is 15.9 Å². The van der Waals surface area contributed by atoms with Crippen LogP contribution >= 0.6 is 0 Å². The summed E-state index contributed by atoms with van der Waals surface area (Å²) in [6.07, 6.45) is 3.47. The molecule has 1 saturated carbocycles. The van der Waals surface area contributed by atoms with Gasteiger partial charge in [0.05, 0.1) is 18.8 Å². The van der Waals surface area contributed by atoms with E-state index in [1.165, 1.54) is 10.6 Å². The van der Waals surface area contributed by atoms with Gasteiger partial charge in [-0.3, -0.25) is 4.79 Å². The maximum Gasteiger partial charge on any atom is 0.234 e. The molecule has 2 aromatic rings. The highest BCUT2D eigenvalue weighted by Crippen LogP contribution is 2.50. The van der Waals surface area contributed by atoms with Gasteiger partial charge in [-0.15, -0.1) is 0 Å². The number of nitrogens with one attached hydrogen (secondary N) is 1. The number of carbonyl (C=O) groups excluding carboxylic acids is 1. The van der Waals surface area contributed by atoms with E-state index in [9.17, 15) is 13.2 Å². The fourth-order valence-electron chi connectivity index (χ4n) is 4.90. The van der Waals surface area contributed by atoms with E-state index in [0.717, 1.165) is 11.3 Å². The molecule has 2 aliphatic rings. The molecule has 1 amide bonds. The van der Waals surface area contributed by atoms with Crippen LogP contribution in [-0.4, -0.2) is 61.3 Å². The second kappa shape index (κ2) is 8.23. The normalized spacial score (nSPS) is 26.0. The Labute approximate surface area is 182 Å². The number of aryl methyl sites for hydroxylation is 2. The molecule has 10 heteroatoms. The van der Waals surface area contributed by atoms with E-state index in [4.69, 9.17) is 9.26 Å². The van der Waals surface area contributed by atoms with Crippen LogP contribution in [0, 0.1) is 12.8 Å². The molecular weight excluding hydrogens is 420 g/mol. The predicted molar refractivity (Wildman–Crippen MR) is 113 cm³/mol.